The van der Waals surface area contributed by atoms with Crippen molar-refractivity contribution >= 4 is 17.9 Å². The zero-order valence-electron chi connectivity index (χ0n) is 14.0. The Bertz CT molecular complexity index is 935. The molecule has 0 atom stereocenters. The van der Waals surface area contributed by atoms with E-state index in [1.54, 1.807) is 16.7 Å². The van der Waals surface area contributed by atoms with Crippen molar-refractivity contribution in [2.75, 3.05) is 0 Å². The van der Waals surface area contributed by atoms with E-state index >= 15 is 0 Å². The third kappa shape index (κ3) is 2.74. The number of aliphatic imine (C=N–C) groups is 1. The molecule has 0 bridgehead atoms. The Morgan fingerprint density at radius 3 is 2.42 bits per heavy atom. The highest BCUT2D eigenvalue weighted by Crippen LogP contribution is 2.23. The van der Waals surface area contributed by atoms with E-state index < -0.39 is 5.97 Å². The number of hydrogen-bond donors (Lipinski definition) is 0. The number of nitrogens with zero attached hydrogens (tertiary/aromatic N) is 3. The van der Waals surface area contributed by atoms with E-state index in [4.69, 9.17) is 10.00 Å². The third-order valence-corrected chi connectivity index (χ3v) is 4.07. The van der Waals surface area contributed by atoms with E-state index in [1.807, 2.05) is 46.0 Å². The van der Waals surface area contributed by atoms with Gasteiger partial charge in [0.25, 0.3) is 0 Å². The molecule has 0 fully saturated rings. The minimum atomic E-state index is -0.481. The second-order valence-corrected chi connectivity index (χ2v) is 5.95. The first-order chi connectivity index (χ1) is 11.4. The molecule has 1 aromatic heterocycles. The molecule has 1 aromatic carbocycles. The molecule has 0 saturated heterocycles. The summed E-state index contributed by atoms with van der Waals surface area (Å²) in [5, 5.41) is 9.10. The van der Waals surface area contributed by atoms with Crippen LogP contribution >= 0.6 is 0 Å². The predicted molar refractivity (Wildman–Crippen MR) is 91.4 cm³/mol. The lowest BCUT2D eigenvalue weighted by Gasteiger charge is -2.03. The molecular weight excluding hydrogens is 302 g/mol. The van der Waals surface area contributed by atoms with Gasteiger partial charge in [-0.3, -0.25) is 0 Å². The largest absolute Gasteiger partial charge is 0.402 e. The van der Waals surface area contributed by atoms with Crippen molar-refractivity contribution in [2.24, 2.45) is 12.0 Å². The zero-order valence-corrected chi connectivity index (χ0v) is 14.0. The molecule has 1 aliphatic rings. The zero-order chi connectivity index (χ0) is 17.4. The van der Waals surface area contributed by atoms with E-state index in [-0.39, 0.29) is 5.70 Å². The van der Waals surface area contributed by atoms with Crippen LogP contribution in [0.25, 0.3) is 6.08 Å². The maximum atomic E-state index is 12.1. The Hall–Kier alpha value is -3.13. The van der Waals surface area contributed by atoms with Gasteiger partial charge in [0.1, 0.15) is 11.8 Å². The van der Waals surface area contributed by atoms with Gasteiger partial charge in [-0.2, -0.15) is 5.26 Å². The first-order valence-electron chi connectivity index (χ1n) is 7.56. The molecule has 2 heterocycles. The van der Waals surface area contributed by atoms with Crippen molar-refractivity contribution in [3.63, 3.8) is 0 Å². The lowest BCUT2D eigenvalue weighted by Crippen LogP contribution is -2.06. The Morgan fingerprint density at radius 2 is 1.83 bits per heavy atom. The van der Waals surface area contributed by atoms with Gasteiger partial charge in [-0.1, -0.05) is 17.2 Å². The van der Waals surface area contributed by atoms with Gasteiger partial charge in [0, 0.05) is 18.3 Å². The van der Waals surface area contributed by atoms with Crippen molar-refractivity contribution in [3.05, 3.63) is 63.6 Å². The van der Waals surface area contributed by atoms with Gasteiger partial charge in [0.2, 0.25) is 5.90 Å². The fourth-order valence-electron chi connectivity index (χ4n) is 2.75. The summed E-state index contributed by atoms with van der Waals surface area (Å²) in [5.41, 5.74) is 5.39. The van der Waals surface area contributed by atoms with Gasteiger partial charge in [0.15, 0.2) is 5.70 Å². The number of nitriles is 1. The van der Waals surface area contributed by atoms with Gasteiger partial charge >= 0.3 is 5.97 Å². The molecule has 24 heavy (non-hydrogen) atoms. The summed E-state index contributed by atoms with van der Waals surface area (Å²) in [6, 6.07) is 9.78. The Morgan fingerprint density at radius 1 is 1.17 bits per heavy atom. The molecule has 0 saturated carbocycles. The lowest BCUT2D eigenvalue weighted by molar-refractivity contribution is -0.129. The number of hydrogen-bond acceptors (Lipinski definition) is 4. The van der Waals surface area contributed by atoms with E-state index in [0.717, 1.165) is 27.9 Å². The number of ether oxygens (including phenoxy) is 1. The van der Waals surface area contributed by atoms with Crippen molar-refractivity contribution < 1.29 is 9.53 Å². The molecule has 0 amide bonds. The van der Waals surface area contributed by atoms with Crippen LogP contribution in [-0.4, -0.2) is 16.4 Å². The summed E-state index contributed by atoms with van der Waals surface area (Å²) in [7, 11) is 1.81. The van der Waals surface area contributed by atoms with Gasteiger partial charge in [-0.15, -0.1) is 0 Å². The quantitative estimate of drug-likeness (QED) is 0.631. The molecular formula is C19H17N3O2. The Labute approximate surface area is 140 Å². The van der Waals surface area contributed by atoms with Crippen molar-refractivity contribution in [1.82, 2.24) is 4.57 Å². The van der Waals surface area contributed by atoms with Gasteiger partial charge in [0.05, 0.1) is 0 Å². The number of cyclic esters (lactones) is 1. The molecule has 0 radical (unpaired) electrons. The number of carbonyl (C=O) groups excluding carboxylic acids is 1. The van der Waals surface area contributed by atoms with Crippen LogP contribution in [-0.2, 0) is 16.6 Å². The molecule has 0 spiro atoms. The monoisotopic (exact) mass is 319 g/mol. The molecule has 120 valence electrons. The van der Waals surface area contributed by atoms with Crippen LogP contribution < -0.4 is 0 Å². The SMILES string of the molecule is Cc1cc(C)cc(C2=N/C(=C/c3cc(C#N)n(C)c3C)C(=O)O2)c1. The average molecular weight is 319 g/mol. The number of benzene rings is 1. The normalized spacial score (nSPS) is 15.4. The number of aryl methyl sites for hydroxylation is 2. The molecule has 5 heteroatoms. The van der Waals surface area contributed by atoms with E-state index in [2.05, 4.69) is 11.1 Å². The molecule has 1 aliphatic heterocycles. The lowest BCUT2D eigenvalue weighted by atomic mass is 10.1. The minimum absolute atomic E-state index is 0.238. The summed E-state index contributed by atoms with van der Waals surface area (Å²) in [6.45, 7) is 5.87. The molecule has 0 N–H and O–H groups in total. The fraction of sp³-hybridized carbons (Fsp3) is 0.211. The number of aromatic nitrogens is 1. The molecule has 3 rings (SSSR count). The van der Waals surface area contributed by atoms with E-state index in [1.165, 1.54) is 0 Å². The van der Waals surface area contributed by atoms with Crippen LogP contribution in [0.5, 0.6) is 0 Å². The fourth-order valence-corrected chi connectivity index (χ4v) is 2.75. The number of esters is 1. The first kappa shape index (κ1) is 15.8. The van der Waals surface area contributed by atoms with Crippen LogP contribution in [0.4, 0.5) is 0 Å². The van der Waals surface area contributed by atoms with E-state index in [9.17, 15) is 4.79 Å². The highest BCUT2D eigenvalue weighted by molar-refractivity contribution is 6.13. The molecule has 5 nitrogen and oxygen atoms in total. The summed E-state index contributed by atoms with van der Waals surface area (Å²) in [5.74, 6) is -0.168. The highest BCUT2D eigenvalue weighted by Gasteiger charge is 2.25. The van der Waals surface area contributed by atoms with Gasteiger partial charge in [-0.25, -0.2) is 9.79 Å². The predicted octanol–water partition coefficient (Wildman–Crippen LogP) is 3.17. The second kappa shape index (κ2) is 5.82. The van der Waals surface area contributed by atoms with Gasteiger partial charge in [-0.05, 0) is 50.6 Å². The van der Waals surface area contributed by atoms with Crippen LogP contribution in [0.1, 0.15) is 33.6 Å². The van der Waals surface area contributed by atoms with Crippen molar-refractivity contribution in [1.29, 1.82) is 5.26 Å². The molecule has 0 aliphatic carbocycles. The van der Waals surface area contributed by atoms with Crippen LogP contribution in [0.15, 0.2) is 35.0 Å². The van der Waals surface area contributed by atoms with Crippen LogP contribution in [0.3, 0.4) is 0 Å². The summed E-state index contributed by atoms with van der Waals surface area (Å²) in [6.07, 6.45) is 1.66. The summed E-state index contributed by atoms with van der Waals surface area (Å²) in [4.78, 5) is 16.5. The highest BCUT2D eigenvalue weighted by atomic mass is 16.6. The average Bonchev–Trinajstić information content (AvgIpc) is 3.02. The summed E-state index contributed by atoms with van der Waals surface area (Å²) >= 11 is 0. The number of rotatable bonds is 2. The topological polar surface area (TPSA) is 67.4 Å². The first-order valence-corrected chi connectivity index (χ1v) is 7.56. The third-order valence-electron chi connectivity index (χ3n) is 4.07. The van der Waals surface area contributed by atoms with E-state index in [0.29, 0.717) is 11.6 Å². The maximum Gasteiger partial charge on any atom is 0.363 e. The standard InChI is InChI=1S/C19H17N3O2/c1-11-5-12(2)7-15(6-11)18-21-17(19(23)24-18)9-14-8-16(10-20)22(4)13(14)3/h5-9H,1-4H3/b17-9+. The molecule has 2 aromatic rings. The van der Waals surface area contributed by atoms with Gasteiger partial charge < -0.3 is 9.30 Å². The Balaban J connectivity index is 2.02. The van der Waals surface area contributed by atoms with Crippen molar-refractivity contribution in [3.8, 4) is 6.07 Å². The summed E-state index contributed by atoms with van der Waals surface area (Å²) < 4.78 is 7.10. The number of carbonyl (C=O) groups is 1. The van der Waals surface area contributed by atoms with Crippen molar-refractivity contribution in [2.45, 2.75) is 20.8 Å². The smallest absolute Gasteiger partial charge is 0.363 e. The Kier molecular flexibility index (Phi) is 3.82. The molecule has 0 unspecified atom stereocenters. The second-order valence-electron chi connectivity index (χ2n) is 5.95. The minimum Gasteiger partial charge on any atom is -0.402 e. The van der Waals surface area contributed by atoms with Crippen LogP contribution in [0, 0.1) is 32.1 Å². The maximum absolute atomic E-state index is 12.1. The van der Waals surface area contributed by atoms with Crippen LogP contribution in [0.2, 0.25) is 0 Å².